The van der Waals surface area contributed by atoms with Gasteiger partial charge in [-0.2, -0.15) is 39.0 Å². The van der Waals surface area contributed by atoms with Gasteiger partial charge in [-0.05, 0) is 24.5 Å². The third-order valence-corrected chi connectivity index (χ3v) is 2.37. The molecule has 0 aliphatic carbocycles. The Morgan fingerprint density at radius 3 is 1.82 bits per heavy atom. The van der Waals surface area contributed by atoms with Crippen LogP contribution in [0.3, 0.4) is 0 Å². The van der Waals surface area contributed by atoms with Crippen LogP contribution >= 0.6 is 12.6 Å². The fraction of sp³-hybridized carbons (Fsp3) is 1.00. The maximum Gasteiger partial charge on any atom is 0.423 e. The summed E-state index contributed by atoms with van der Waals surface area (Å²) in [7, 11) is 0. The van der Waals surface area contributed by atoms with Gasteiger partial charge in [-0.15, -0.1) is 0 Å². The molecule has 0 bridgehead atoms. The molecule has 0 amide bonds. The number of hydrogen-bond donors (Lipinski definition) is 1. The lowest BCUT2D eigenvalue weighted by molar-refractivity contribution is -0.322. The van der Waals surface area contributed by atoms with E-state index in [4.69, 9.17) is 0 Å². The summed E-state index contributed by atoms with van der Waals surface area (Å²) in [5.41, 5.74) is 0. The summed E-state index contributed by atoms with van der Waals surface area (Å²) >= 11 is 3.91. The van der Waals surface area contributed by atoms with E-state index in [2.05, 4.69) is 17.4 Å². The van der Waals surface area contributed by atoms with E-state index in [1.165, 1.54) is 0 Å². The Labute approximate surface area is 101 Å². The highest BCUT2D eigenvalue weighted by Crippen LogP contribution is 2.35. The molecule has 104 valence electrons. The minimum absolute atomic E-state index is 0.0189. The molecule has 0 radical (unpaired) electrons. The van der Waals surface area contributed by atoms with E-state index in [9.17, 15) is 26.3 Å². The van der Waals surface area contributed by atoms with Crippen molar-refractivity contribution < 1.29 is 31.1 Å². The van der Waals surface area contributed by atoms with Gasteiger partial charge in [0.2, 0.25) is 6.10 Å². The topological polar surface area (TPSA) is 9.23 Å². The Morgan fingerprint density at radius 2 is 1.47 bits per heavy atom. The predicted molar refractivity (Wildman–Crippen MR) is 54.1 cm³/mol. The maximum absolute atomic E-state index is 12.0. The second kappa shape index (κ2) is 6.72. The van der Waals surface area contributed by atoms with Gasteiger partial charge in [0, 0.05) is 6.61 Å². The molecule has 1 atom stereocenters. The second-order valence-electron chi connectivity index (χ2n) is 3.74. The van der Waals surface area contributed by atoms with Gasteiger partial charge in [0.1, 0.15) is 0 Å². The highest BCUT2D eigenvalue weighted by atomic mass is 32.1. The van der Waals surface area contributed by atoms with E-state index in [0.717, 1.165) is 0 Å². The number of rotatable bonds is 6. The third kappa shape index (κ3) is 7.03. The first kappa shape index (κ1) is 16.9. The minimum Gasteiger partial charge on any atom is -0.361 e. The normalized spacial score (nSPS) is 15.4. The van der Waals surface area contributed by atoms with Crippen LogP contribution in [0.5, 0.6) is 0 Å². The fourth-order valence-corrected chi connectivity index (χ4v) is 1.57. The number of alkyl halides is 6. The largest absolute Gasteiger partial charge is 0.423 e. The van der Waals surface area contributed by atoms with Crippen LogP contribution in [0.15, 0.2) is 0 Å². The fourth-order valence-electron chi connectivity index (χ4n) is 1.13. The van der Waals surface area contributed by atoms with Gasteiger partial charge in [-0.3, -0.25) is 0 Å². The van der Waals surface area contributed by atoms with Gasteiger partial charge in [-0.1, -0.05) is 6.92 Å². The van der Waals surface area contributed by atoms with E-state index in [-0.39, 0.29) is 12.3 Å². The van der Waals surface area contributed by atoms with Crippen molar-refractivity contribution in [1.82, 2.24) is 0 Å². The van der Waals surface area contributed by atoms with Crippen molar-refractivity contribution in [2.24, 2.45) is 5.92 Å². The van der Waals surface area contributed by atoms with Gasteiger partial charge in [0.15, 0.2) is 0 Å². The molecular formula is C9H14F6OS. The average Bonchev–Trinajstić information content (AvgIpc) is 2.08. The lowest BCUT2D eigenvalue weighted by Gasteiger charge is -2.23. The molecule has 0 saturated heterocycles. The van der Waals surface area contributed by atoms with Crippen molar-refractivity contribution >= 4 is 12.6 Å². The van der Waals surface area contributed by atoms with Crippen LogP contribution in [0.4, 0.5) is 26.3 Å². The Morgan fingerprint density at radius 1 is 1.00 bits per heavy atom. The van der Waals surface area contributed by atoms with Crippen LogP contribution in [0, 0.1) is 5.92 Å². The SMILES string of the molecule is CC(CCS)CCOC(C(F)(F)F)C(F)(F)F. The smallest absolute Gasteiger partial charge is 0.361 e. The van der Waals surface area contributed by atoms with E-state index in [0.29, 0.717) is 12.2 Å². The van der Waals surface area contributed by atoms with Crippen LogP contribution in [-0.4, -0.2) is 30.8 Å². The highest BCUT2D eigenvalue weighted by Gasteiger charge is 2.57. The zero-order chi connectivity index (χ0) is 13.7. The quantitative estimate of drug-likeness (QED) is 0.576. The van der Waals surface area contributed by atoms with Gasteiger partial charge in [-0.25, -0.2) is 0 Å². The molecule has 0 aromatic rings. The van der Waals surface area contributed by atoms with E-state index < -0.39 is 25.1 Å². The zero-order valence-electron chi connectivity index (χ0n) is 9.11. The van der Waals surface area contributed by atoms with Crippen molar-refractivity contribution in [1.29, 1.82) is 0 Å². The molecule has 17 heavy (non-hydrogen) atoms. The van der Waals surface area contributed by atoms with Crippen LogP contribution in [0.2, 0.25) is 0 Å². The molecule has 0 saturated carbocycles. The summed E-state index contributed by atoms with van der Waals surface area (Å²) in [6.07, 6.45) is -13.8. The van der Waals surface area contributed by atoms with Crippen molar-refractivity contribution in [3.8, 4) is 0 Å². The lowest BCUT2D eigenvalue weighted by Crippen LogP contribution is -2.44. The number of thiol groups is 1. The van der Waals surface area contributed by atoms with Crippen LogP contribution in [0.25, 0.3) is 0 Å². The van der Waals surface area contributed by atoms with Crippen LogP contribution in [-0.2, 0) is 4.74 Å². The van der Waals surface area contributed by atoms with Gasteiger partial charge in [0.05, 0.1) is 0 Å². The molecule has 0 aromatic heterocycles. The molecule has 0 rings (SSSR count). The summed E-state index contributed by atoms with van der Waals surface area (Å²) in [6, 6.07) is 0. The zero-order valence-corrected chi connectivity index (χ0v) is 10.0. The Hall–Kier alpha value is -0.110. The van der Waals surface area contributed by atoms with E-state index >= 15 is 0 Å². The summed E-state index contributed by atoms with van der Waals surface area (Å²) in [5, 5.41) is 0. The molecule has 1 unspecified atom stereocenters. The third-order valence-electron chi connectivity index (χ3n) is 2.11. The summed E-state index contributed by atoms with van der Waals surface area (Å²) in [6.45, 7) is 1.15. The molecule has 0 fully saturated rings. The molecule has 0 aliphatic heterocycles. The Balaban J connectivity index is 4.21. The lowest BCUT2D eigenvalue weighted by atomic mass is 10.1. The van der Waals surface area contributed by atoms with Crippen LogP contribution < -0.4 is 0 Å². The maximum atomic E-state index is 12.0. The van der Waals surface area contributed by atoms with Crippen molar-refractivity contribution in [3.05, 3.63) is 0 Å². The summed E-state index contributed by atoms with van der Waals surface area (Å²) < 4.78 is 76.1. The van der Waals surface area contributed by atoms with Gasteiger partial charge in [0.25, 0.3) is 0 Å². The predicted octanol–water partition coefficient (Wildman–Crippen LogP) is 3.84. The molecular weight excluding hydrogens is 270 g/mol. The average molecular weight is 284 g/mol. The van der Waals surface area contributed by atoms with E-state index in [1.54, 1.807) is 6.92 Å². The first-order valence-electron chi connectivity index (χ1n) is 4.95. The molecule has 0 N–H and O–H groups in total. The number of hydrogen-bond acceptors (Lipinski definition) is 2. The van der Waals surface area contributed by atoms with Crippen molar-refractivity contribution in [2.45, 2.75) is 38.2 Å². The summed E-state index contributed by atoms with van der Waals surface area (Å²) in [5.74, 6) is 0.512. The highest BCUT2D eigenvalue weighted by molar-refractivity contribution is 7.80. The van der Waals surface area contributed by atoms with Crippen molar-refractivity contribution in [3.63, 3.8) is 0 Å². The molecule has 8 heteroatoms. The molecule has 0 aromatic carbocycles. The standard InChI is InChI=1S/C9H14F6OS/c1-6(3-5-17)2-4-16-7(8(10,11)12)9(13,14)15/h6-7,17H,2-5H2,1H3. The van der Waals surface area contributed by atoms with Crippen molar-refractivity contribution in [2.75, 3.05) is 12.4 Å². The number of ether oxygens (including phenoxy) is 1. The van der Waals surface area contributed by atoms with Gasteiger partial charge >= 0.3 is 12.4 Å². The molecule has 0 heterocycles. The second-order valence-corrected chi connectivity index (χ2v) is 4.19. The molecule has 0 spiro atoms. The molecule has 0 aliphatic rings. The first-order chi connectivity index (χ1) is 7.59. The van der Waals surface area contributed by atoms with Crippen LogP contribution in [0.1, 0.15) is 19.8 Å². The van der Waals surface area contributed by atoms with E-state index in [1.807, 2.05) is 0 Å². The Kier molecular flexibility index (Phi) is 6.68. The summed E-state index contributed by atoms with van der Waals surface area (Å²) in [4.78, 5) is 0. The monoisotopic (exact) mass is 284 g/mol. The number of halogens is 6. The molecule has 1 nitrogen and oxygen atoms in total. The first-order valence-corrected chi connectivity index (χ1v) is 5.58. The minimum atomic E-state index is -5.43. The Bertz CT molecular complexity index is 201. The van der Waals surface area contributed by atoms with Gasteiger partial charge < -0.3 is 4.74 Å².